The predicted molar refractivity (Wildman–Crippen MR) is 103 cm³/mol. The Labute approximate surface area is 157 Å². The van der Waals surface area contributed by atoms with E-state index in [1.807, 2.05) is 30.5 Å². The number of rotatable bonds is 5. The van der Waals surface area contributed by atoms with Gasteiger partial charge in [-0.1, -0.05) is 29.8 Å². The lowest BCUT2D eigenvalue weighted by Crippen LogP contribution is -2.49. The van der Waals surface area contributed by atoms with Gasteiger partial charge in [0.25, 0.3) is 0 Å². The van der Waals surface area contributed by atoms with Crippen LogP contribution in [0.2, 0.25) is 5.02 Å². The summed E-state index contributed by atoms with van der Waals surface area (Å²) in [6.45, 7) is 8.12. The average molecular weight is 379 g/mol. The van der Waals surface area contributed by atoms with E-state index >= 15 is 0 Å². The molecule has 1 saturated heterocycles. The number of aryl methyl sites for hydroxylation is 1. The molecule has 1 atom stereocenters. The van der Waals surface area contributed by atoms with Gasteiger partial charge >= 0.3 is 0 Å². The van der Waals surface area contributed by atoms with Crippen LogP contribution in [-0.2, 0) is 4.79 Å². The molecule has 1 aliphatic rings. The third-order valence-electron chi connectivity index (χ3n) is 4.54. The molecule has 1 amide bonds. The lowest BCUT2D eigenvalue weighted by atomic mass is 10.1. The van der Waals surface area contributed by atoms with E-state index in [0.29, 0.717) is 11.7 Å². The second-order valence-corrected chi connectivity index (χ2v) is 7.62. The maximum atomic E-state index is 12.2. The first-order chi connectivity index (χ1) is 12.0. The van der Waals surface area contributed by atoms with Crippen LogP contribution in [0.25, 0.3) is 0 Å². The van der Waals surface area contributed by atoms with Gasteiger partial charge in [0.1, 0.15) is 0 Å². The van der Waals surface area contributed by atoms with Crippen LogP contribution in [0.4, 0.5) is 5.13 Å². The maximum absolute atomic E-state index is 12.2. The Hall–Kier alpha value is -1.47. The SMILES string of the molecule is Cc1csc(NC(=O)CN2CCN(C(C)c3ccccc3Cl)CC2)n1. The first-order valence-electron chi connectivity index (χ1n) is 8.46. The summed E-state index contributed by atoms with van der Waals surface area (Å²) in [5.74, 6) is 0.00181. The van der Waals surface area contributed by atoms with Crippen LogP contribution in [0.3, 0.4) is 0 Å². The minimum Gasteiger partial charge on any atom is -0.301 e. The number of amides is 1. The third kappa shape index (κ3) is 4.79. The van der Waals surface area contributed by atoms with Gasteiger partial charge in [-0.3, -0.25) is 14.6 Å². The molecular formula is C18H23ClN4OS. The number of thiazole rings is 1. The highest BCUT2D eigenvalue weighted by atomic mass is 35.5. The molecule has 1 aliphatic heterocycles. The number of nitrogens with one attached hydrogen (secondary N) is 1. The number of nitrogens with zero attached hydrogens (tertiary/aromatic N) is 3. The summed E-state index contributed by atoms with van der Waals surface area (Å²) in [7, 11) is 0. The largest absolute Gasteiger partial charge is 0.301 e. The molecule has 3 rings (SSSR count). The summed E-state index contributed by atoms with van der Waals surface area (Å²) < 4.78 is 0. The smallest absolute Gasteiger partial charge is 0.240 e. The average Bonchev–Trinajstić information content (AvgIpc) is 3.00. The van der Waals surface area contributed by atoms with Crippen molar-refractivity contribution in [1.82, 2.24) is 14.8 Å². The number of aromatic nitrogens is 1. The molecule has 25 heavy (non-hydrogen) atoms. The first-order valence-corrected chi connectivity index (χ1v) is 9.71. The number of anilines is 1. The van der Waals surface area contributed by atoms with Gasteiger partial charge in [0.2, 0.25) is 5.91 Å². The molecule has 0 spiro atoms. The molecule has 1 N–H and O–H groups in total. The van der Waals surface area contributed by atoms with Crippen molar-refractivity contribution in [3.63, 3.8) is 0 Å². The van der Waals surface area contributed by atoms with Crippen molar-refractivity contribution in [2.24, 2.45) is 0 Å². The van der Waals surface area contributed by atoms with Crippen molar-refractivity contribution in [2.75, 3.05) is 38.0 Å². The van der Waals surface area contributed by atoms with E-state index in [0.717, 1.165) is 42.5 Å². The summed E-state index contributed by atoms with van der Waals surface area (Å²) in [5.41, 5.74) is 2.09. The van der Waals surface area contributed by atoms with E-state index < -0.39 is 0 Å². The Bertz CT molecular complexity index is 727. The highest BCUT2D eigenvalue weighted by Gasteiger charge is 2.24. The fraction of sp³-hybridized carbons (Fsp3) is 0.444. The molecule has 0 bridgehead atoms. The van der Waals surface area contributed by atoms with Gasteiger partial charge in [0.05, 0.1) is 12.2 Å². The van der Waals surface area contributed by atoms with Crippen LogP contribution < -0.4 is 5.32 Å². The molecule has 1 aromatic carbocycles. The van der Waals surface area contributed by atoms with E-state index in [-0.39, 0.29) is 11.9 Å². The minimum atomic E-state index is 0.00181. The maximum Gasteiger partial charge on any atom is 0.240 e. The molecule has 1 aromatic heterocycles. The number of benzene rings is 1. The van der Waals surface area contributed by atoms with E-state index in [1.165, 1.54) is 11.3 Å². The second-order valence-electron chi connectivity index (χ2n) is 6.35. The van der Waals surface area contributed by atoms with Crippen molar-refractivity contribution in [3.05, 3.63) is 45.9 Å². The van der Waals surface area contributed by atoms with Crippen molar-refractivity contribution in [3.8, 4) is 0 Å². The zero-order valence-electron chi connectivity index (χ0n) is 14.5. The van der Waals surface area contributed by atoms with Gasteiger partial charge < -0.3 is 5.32 Å². The molecular weight excluding hydrogens is 356 g/mol. The summed E-state index contributed by atoms with van der Waals surface area (Å²) in [5, 5.41) is 6.30. The normalized spacial score (nSPS) is 17.4. The molecule has 5 nitrogen and oxygen atoms in total. The predicted octanol–water partition coefficient (Wildman–Crippen LogP) is 3.42. The lowest BCUT2D eigenvalue weighted by Gasteiger charge is -2.38. The van der Waals surface area contributed by atoms with Crippen molar-refractivity contribution in [2.45, 2.75) is 19.9 Å². The number of hydrogen-bond donors (Lipinski definition) is 1. The van der Waals surface area contributed by atoms with Gasteiger partial charge in [-0.2, -0.15) is 0 Å². The molecule has 0 aliphatic carbocycles. The monoisotopic (exact) mass is 378 g/mol. The molecule has 2 heterocycles. The van der Waals surface area contributed by atoms with E-state index in [4.69, 9.17) is 11.6 Å². The van der Waals surface area contributed by atoms with Crippen molar-refractivity contribution in [1.29, 1.82) is 0 Å². The Morgan fingerprint density at radius 3 is 2.68 bits per heavy atom. The molecule has 0 radical (unpaired) electrons. The van der Waals surface area contributed by atoms with Crippen LogP contribution in [0.5, 0.6) is 0 Å². The number of hydrogen-bond acceptors (Lipinski definition) is 5. The van der Waals surface area contributed by atoms with Gasteiger partial charge in [-0.25, -0.2) is 4.98 Å². The fourth-order valence-electron chi connectivity index (χ4n) is 3.09. The highest BCUT2D eigenvalue weighted by Crippen LogP contribution is 2.27. The zero-order chi connectivity index (χ0) is 17.8. The molecule has 1 unspecified atom stereocenters. The van der Waals surface area contributed by atoms with Gasteiger partial charge in [0, 0.05) is 42.6 Å². The van der Waals surface area contributed by atoms with Crippen LogP contribution in [0, 0.1) is 6.92 Å². The molecule has 1 fully saturated rings. The standard InChI is InChI=1S/C18H23ClN4OS/c1-13-12-25-18(20-13)21-17(24)11-22-7-9-23(10-8-22)14(2)15-5-3-4-6-16(15)19/h3-6,12,14H,7-11H2,1-2H3,(H,20,21,24). The van der Waals surface area contributed by atoms with E-state index in [9.17, 15) is 4.79 Å². The summed E-state index contributed by atoms with van der Waals surface area (Å²) >= 11 is 7.78. The van der Waals surface area contributed by atoms with Crippen molar-refractivity contribution < 1.29 is 4.79 Å². The Morgan fingerprint density at radius 1 is 1.32 bits per heavy atom. The van der Waals surface area contributed by atoms with Crippen LogP contribution in [0.1, 0.15) is 24.2 Å². The Morgan fingerprint density at radius 2 is 2.04 bits per heavy atom. The fourth-order valence-corrected chi connectivity index (χ4v) is 4.09. The summed E-state index contributed by atoms with van der Waals surface area (Å²) in [4.78, 5) is 21.0. The quantitative estimate of drug-likeness (QED) is 0.866. The molecule has 7 heteroatoms. The van der Waals surface area contributed by atoms with E-state index in [2.05, 4.69) is 33.1 Å². The van der Waals surface area contributed by atoms with E-state index in [1.54, 1.807) is 0 Å². The summed E-state index contributed by atoms with van der Waals surface area (Å²) in [6, 6.07) is 8.29. The Balaban J connectivity index is 1.48. The molecule has 2 aromatic rings. The topological polar surface area (TPSA) is 48.5 Å². The van der Waals surface area contributed by atoms with Crippen LogP contribution >= 0.6 is 22.9 Å². The number of carbonyl (C=O) groups is 1. The number of halogens is 1. The number of carbonyl (C=O) groups excluding carboxylic acids is 1. The minimum absolute atomic E-state index is 0.00181. The highest BCUT2D eigenvalue weighted by molar-refractivity contribution is 7.13. The third-order valence-corrected chi connectivity index (χ3v) is 5.76. The van der Waals surface area contributed by atoms with Crippen LogP contribution in [0.15, 0.2) is 29.6 Å². The first kappa shape index (κ1) is 18.3. The van der Waals surface area contributed by atoms with Gasteiger partial charge in [-0.05, 0) is 25.5 Å². The zero-order valence-corrected chi connectivity index (χ0v) is 16.1. The molecule has 0 saturated carbocycles. The van der Waals surface area contributed by atoms with Gasteiger partial charge in [0.15, 0.2) is 5.13 Å². The second kappa shape index (κ2) is 8.27. The lowest BCUT2D eigenvalue weighted by molar-refractivity contribution is -0.117. The number of piperazine rings is 1. The van der Waals surface area contributed by atoms with Crippen molar-refractivity contribution >= 4 is 34.0 Å². The Kier molecular flexibility index (Phi) is 6.06. The molecule has 134 valence electrons. The summed E-state index contributed by atoms with van der Waals surface area (Å²) in [6.07, 6.45) is 0. The van der Waals surface area contributed by atoms with Crippen LogP contribution in [-0.4, -0.2) is 53.4 Å². The van der Waals surface area contributed by atoms with Gasteiger partial charge in [-0.15, -0.1) is 11.3 Å².